The van der Waals surface area contributed by atoms with E-state index in [-0.39, 0.29) is 5.91 Å². The van der Waals surface area contributed by atoms with Gasteiger partial charge in [-0.3, -0.25) is 4.79 Å². The Balaban J connectivity index is 1.81. The molecular formula is C16H12Cl2N4O. The normalized spacial score (nSPS) is 13.7. The van der Waals surface area contributed by atoms with Crippen LogP contribution in [-0.2, 0) is 6.42 Å². The average Bonchev–Trinajstić information content (AvgIpc) is 2.94. The van der Waals surface area contributed by atoms with Crippen LogP contribution in [-0.4, -0.2) is 22.4 Å². The second-order valence-corrected chi connectivity index (χ2v) is 6.12. The standard InChI is InChI=1S/C16H12Cl2N4O/c17-9-2-1-3-10(18)13(9)21-16-20-11-5-4-8-6-7-19-15(23)12(8)14(11)22-16/h1-5H,6-7H2,(H,19,23)(H2,20,21,22). The molecule has 1 aliphatic rings. The van der Waals surface area contributed by atoms with Crippen molar-refractivity contribution in [3.8, 4) is 0 Å². The number of fused-ring (bicyclic) bond motifs is 3. The van der Waals surface area contributed by atoms with Crippen LogP contribution in [0.1, 0.15) is 15.9 Å². The molecule has 0 aliphatic carbocycles. The summed E-state index contributed by atoms with van der Waals surface area (Å²) in [7, 11) is 0. The first-order valence-corrected chi connectivity index (χ1v) is 7.90. The number of rotatable bonds is 2. The van der Waals surface area contributed by atoms with Crippen molar-refractivity contribution in [2.45, 2.75) is 6.42 Å². The summed E-state index contributed by atoms with van der Waals surface area (Å²) in [5.74, 6) is 0.396. The quantitative estimate of drug-likeness (QED) is 0.659. The van der Waals surface area contributed by atoms with Crippen LogP contribution in [0.5, 0.6) is 0 Å². The molecule has 2 aromatic carbocycles. The molecule has 1 aromatic heterocycles. The zero-order valence-corrected chi connectivity index (χ0v) is 13.4. The maximum Gasteiger partial charge on any atom is 0.253 e. The number of anilines is 2. The number of H-pyrrole nitrogens is 1. The van der Waals surface area contributed by atoms with E-state index in [1.54, 1.807) is 18.2 Å². The molecule has 23 heavy (non-hydrogen) atoms. The summed E-state index contributed by atoms with van der Waals surface area (Å²) in [5, 5.41) is 6.94. The van der Waals surface area contributed by atoms with Crippen molar-refractivity contribution >= 4 is 51.8 Å². The number of aromatic amines is 1. The molecule has 5 nitrogen and oxygen atoms in total. The van der Waals surface area contributed by atoms with E-state index in [0.29, 0.717) is 39.3 Å². The van der Waals surface area contributed by atoms with Gasteiger partial charge in [-0.15, -0.1) is 0 Å². The van der Waals surface area contributed by atoms with Gasteiger partial charge in [0.2, 0.25) is 5.95 Å². The van der Waals surface area contributed by atoms with Crippen molar-refractivity contribution in [2.75, 3.05) is 11.9 Å². The highest BCUT2D eigenvalue weighted by Crippen LogP contribution is 2.33. The van der Waals surface area contributed by atoms with Gasteiger partial charge in [0.25, 0.3) is 5.91 Å². The minimum atomic E-state index is -0.0920. The molecule has 0 unspecified atom stereocenters. The van der Waals surface area contributed by atoms with Gasteiger partial charge >= 0.3 is 0 Å². The number of halogens is 2. The van der Waals surface area contributed by atoms with Crippen LogP contribution in [0.2, 0.25) is 10.0 Å². The summed E-state index contributed by atoms with van der Waals surface area (Å²) >= 11 is 12.3. The summed E-state index contributed by atoms with van der Waals surface area (Å²) in [4.78, 5) is 19.8. The van der Waals surface area contributed by atoms with Gasteiger partial charge in [0, 0.05) is 6.54 Å². The zero-order chi connectivity index (χ0) is 16.0. The van der Waals surface area contributed by atoms with Gasteiger partial charge in [0.15, 0.2) is 0 Å². The summed E-state index contributed by atoms with van der Waals surface area (Å²) in [5.41, 5.74) is 3.64. The molecule has 0 saturated heterocycles. The predicted octanol–water partition coefficient (Wildman–Crippen LogP) is 3.90. The molecule has 2 heterocycles. The number of hydrogen-bond acceptors (Lipinski definition) is 3. The van der Waals surface area contributed by atoms with E-state index in [1.807, 2.05) is 12.1 Å². The second-order valence-electron chi connectivity index (χ2n) is 5.31. The molecule has 0 saturated carbocycles. The molecule has 116 valence electrons. The number of benzene rings is 2. The topological polar surface area (TPSA) is 69.8 Å². The lowest BCUT2D eigenvalue weighted by Gasteiger charge is -2.15. The van der Waals surface area contributed by atoms with Crippen LogP contribution in [0.25, 0.3) is 11.0 Å². The number of aromatic nitrogens is 2. The number of hydrogen-bond donors (Lipinski definition) is 3. The Labute approximate surface area is 142 Å². The van der Waals surface area contributed by atoms with Gasteiger partial charge in [0.1, 0.15) is 5.52 Å². The first-order valence-electron chi connectivity index (χ1n) is 7.14. The molecule has 0 spiro atoms. The molecule has 0 radical (unpaired) electrons. The summed E-state index contributed by atoms with van der Waals surface area (Å²) in [6, 6.07) is 9.15. The van der Waals surface area contributed by atoms with Gasteiger partial charge in [0.05, 0.1) is 26.8 Å². The van der Waals surface area contributed by atoms with Gasteiger partial charge < -0.3 is 15.6 Å². The van der Waals surface area contributed by atoms with Crippen molar-refractivity contribution in [1.29, 1.82) is 0 Å². The average molecular weight is 347 g/mol. The van der Waals surface area contributed by atoms with E-state index < -0.39 is 0 Å². The molecule has 0 fully saturated rings. The monoisotopic (exact) mass is 346 g/mol. The van der Waals surface area contributed by atoms with E-state index in [9.17, 15) is 4.79 Å². The third-order valence-corrected chi connectivity index (χ3v) is 4.48. The van der Waals surface area contributed by atoms with Crippen LogP contribution in [0, 0.1) is 0 Å². The van der Waals surface area contributed by atoms with Crippen LogP contribution >= 0.6 is 23.2 Å². The predicted molar refractivity (Wildman–Crippen MR) is 91.9 cm³/mol. The van der Waals surface area contributed by atoms with Crippen LogP contribution < -0.4 is 10.6 Å². The SMILES string of the molecule is O=C1NCCc2ccc3[nH]c(Nc4c(Cl)cccc4Cl)nc3c21. The smallest absolute Gasteiger partial charge is 0.253 e. The minimum Gasteiger partial charge on any atom is -0.352 e. The number of carbonyl (C=O) groups is 1. The second kappa shape index (κ2) is 5.44. The molecule has 0 atom stereocenters. The Morgan fingerprint density at radius 2 is 1.91 bits per heavy atom. The Bertz CT molecular complexity index is 915. The highest BCUT2D eigenvalue weighted by atomic mass is 35.5. The van der Waals surface area contributed by atoms with E-state index in [0.717, 1.165) is 17.5 Å². The van der Waals surface area contributed by atoms with Crippen molar-refractivity contribution in [2.24, 2.45) is 0 Å². The lowest BCUT2D eigenvalue weighted by molar-refractivity contribution is 0.0947. The fourth-order valence-electron chi connectivity index (χ4n) is 2.77. The van der Waals surface area contributed by atoms with Gasteiger partial charge in [-0.1, -0.05) is 35.3 Å². The largest absolute Gasteiger partial charge is 0.352 e. The van der Waals surface area contributed by atoms with Crippen LogP contribution in [0.4, 0.5) is 11.6 Å². The minimum absolute atomic E-state index is 0.0920. The molecule has 1 aliphatic heterocycles. The van der Waals surface area contributed by atoms with Gasteiger partial charge in [-0.05, 0) is 30.2 Å². The Kier molecular flexibility index (Phi) is 3.39. The fourth-order valence-corrected chi connectivity index (χ4v) is 3.26. The van der Waals surface area contributed by atoms with Crippen molar-refractivity contribution in [1.82, 2.24) is 15.3 Å². The van der Waals surface area contributed by atoms with Crippen molar-refractivity contribution < 1.29 is 4.79 Å². The third-order valence-electron chi connectivity index (χ3n) is 3.85. The first kappa shape index (κ1) is 14.4. The molecule has 4 rings (SSSR count). The van der Waals surface area contributed by atoms with Crippen molar-refractivity contribution in [3.63, 3.8) is 0 Å². The molecule has 0 bridgehead atoms. The zero-order valence-electron chi connectivity index (χ0n) is 11.9. The maximum atomic E-state index is 12.1. The fraction of sp³-hybridized carbons (Fsp3) is 0.125. The Morgan fingerprint density at radius 1 is 1.13 bits per heavy atom. The summed E-state index contributed by atoms with van der Waals surface area (Å²) in [6.07, 6.45) is 0.809. The number of nitrogens with one attached hydrogen (secondary N) is 3. The van der Waals surface area contributed by atoms with Crippen LogP contribution in [0.15, 0.2) is 30.3 Å². The summed E-state index contributed by atoms with van der Waals surface area (Å²) < 4.78 is 0. The molecule has 3 N–H and O–H groups in total. The molecule has 3 aromatic rings. The van der Waals surface area contributed by atoms with Gasteiger partial charge in [-0.25, -0.2) is 4.98 Å². The Morgan fingerprint density at radius 3 is 2.70 bits per heavy atom. The third kappa shape index (κ3) is 2.42. The highest BCUT2D eigenvalue weighted by Gasteiger charge is 2.22. The Hall–Kier alpha value is -2.24. The van der Waals surface area contributed by atoms with Crippen molar-refractivity contribution in [3.05, 3.63) is 51.5 Å². The van der Waals surface area contributed by atoms with E-state index in [1.165, 1.54) is 0 Å². The van der Waals surface area contributed by atoms with Crippen LogP contribution in [0.3, 0.4) is 0 Å². The lowest BCUT2D eigenvalue weighted by atomic mass is 9.99. The number of amides is 1. The summed E-state index contributed by atoms with van der Waals surface area (Å²) in [6.45, 7) is 0.655. The van der Waals surface area contributed by atoms with E-state index in [4.69, 9.17) is 23.2 Å². The van der Waals surface area contributed by atoms with E-state index in [2.05, 4.69) is 20.6 Å². The van der Waals surface area contributed by atoms with E-state index >= 15 is 0 Å². The van der Waals surface area contributed by atoms with Gasteiger partial charge in [-0.2, -0.15) is 0 Å². The lowest BCUT2D eigenvalue weighted by Crippen LogP contribution is -2.32. The molecule has 1 amide bonds. The number of nitrogens with zero attached hydrogens (tertiary/aromatic N) is 1. The number of imidazole rings is 1. The maximum absolute atomic E-state index is 12.1. The molecule has 7 heteroatoms. The highest BCUT2D eigenvalue weighted by molar-refractivity contribution is 6.39. The number of carbonyl (C=O) groups excluding carboxylic acids is 1. The first-order chi connectivity index (χ1) is 11.1. The number of para-hydroxylation sites is 1. The molecular weight excluding hydrogens is 335 g/mol.